The number of methoxy groups -OCH3 is 2. The molecule has 1 amide bonds. The number of amides is 1. The molecule has 7 nitrogen and oxygen atoms in total. The van der Waals surface area contributed by atoms with Gasteiger partial charge in [0.1, 0.15) is 17.2 Å². The average Bonchev–Trinajstić information content (AvgIpc) is 3.10. The van der Waals surface area contributed by atoms with Gasteiger partial charge in [-0.2, -0.15) is 0 Å². The molecule has 0 atom stereocenters. The number of rotatable bonds is 6. The molecule has 0 fully saturated rings. The third-order valence-electron chi connectivity index (χ3n) is 3.72. The highest BCUT2D eigenvalue weighted by Crippen LogP contribution is 2.25. The number of hydrogen-bond acceptors (Lipinski definition) is 5. The molecule has 0 bridgehead atoms. The summed E-state index contributed by atoms with van der Waals surface area (Å²) >= 11 is 0. The van der Waals surface area contributed by atoms with Crippen LogP contribution >= 0.6 is 0 Å². The van der Waals surface area contributed by atoms with Crippen LogP contribution in [0.3, 0.4) is 0 Å². The van der Waals surface area contributed by atoms with Crippen molar-refractivity contribution in [1.82, 2.24) is 4.98 Å². The summed E-state index contributed by atoms with van der Waals surface area (Å²) in [6.45, 7) is -0.409. The van der Waals surface area contributed by atoms with Gasteiger partial charge in [-0.3, -0.25) is 4.79 Å². The number of esters is 1. The molecular weight excluding hydrogens is 336 g/mol. The monoisotopic (exact) mass is 354 g/mol. The zero-order valence-electron chi connectivity index (χ0n) is 14.4. The fourth-order valence-electron chi connectivity index (χ4n) is 2.47. The fourth-order valence-corrected chi connectivity index (χ4v) is 2.47. The van der Waals surface area contributed by atoms with Crippen LogP contribution in [0.1, 0.15) is 10.5 Å². The SMILES string of the molecule is COc1cc(NC(=O)COC(=O)c2cc3ccccc3[nH]2)cc(OC)c1. The number of anilines is 1. The van der Waals surface area contributed by atoms with Crippen molar-refractivity contribution in [3.8, 4) is 11.5 Å². The molecule has 0 radical (unpaired) electrons. The summed E-state index contributed by atoms with van der Waals surface area (Å²) in [6, 6.07) is 14.1. The second kappa shape index (κ2) is 7.60. The van der Waals surface area contributed by atoms with Crippen molar-refractivity contribution >= 4 is 28.5 Å². The molecular formula is C19H18N2O5. The van der Waals surface area contributed by atoms with Gasteiger partial charge in [0.05, 0.1) is 14.2 Å². The predicted molar refractivity (Wildman–Crippen MR) is 96.8 cm³/mol. The maximum Gasteiger partial charge on any atom is 0.355 e. The van der Waals surface area contributed by atoms with Crippen molar-refractivity contribution in [3.05, 3.63) is 54.2 Å². The first-order valence-corrected chi connectivity index (χ1v) is 7.87. The highest BCUT2D eigenvalue weighted by molar-refractivity contribution is 5.97. The number of aromatic nitrogens is 1. The summed E-state index contributed by atoms with van der Waals surface area (Å²) in [6.07, 6.45) is 0. The molecule has 0 aliphatic carbocycles. The minimum atomic E-state index is -0.598. The molecule has 3 rings (SSSR count). The Morgan fingerprint density at radius 1 is 1.00 bits per heavy atom. The zero-order valence-corrected chi connectivity index (χ0v) is 14.4. The van der Waals surface area contributed by atoms with Gasteiger partial charge in [-0.05, 0) is 12.1 Å². The Hall–Kier alpha value is -3.48. The molecule has 0 unspecified atom stereocenters. The third kappa shape index (κ3) is 3.94. The highest BCUT2D eigenvalue weighted by atomic mass is 16.5. The lowest BCUT2D eigenvalue weighted by molar-refractivity contribution is -0.119. The maximum atomic E-state index is 12.1. The van der Waals surface area contributed by atoms with E-state index in [0.29, 0.717) is 22.9 Å². The van der Waals surface area contributed by atoms with Crippen LogP contribution in [0.5, 0.6) is 11.5 Å². The second-order valence-corrected chi connectivity index (χ2v) is 5.50. The van der Waals surface area contributed by atoms with Crippen LogP contribution in [0.2, 0.25) is 0 Å². The van der Waals surface area contributed by atoms with Crippen molar-refractivity contribution in [1.29, 1.82) is 0 Å². The van der Waals surface area contributed by atoms with E-state index >= 15 is 0 Å². The van der Waals surface area contributed by atoms with E-state index in [1.165, 1.54) is 14.2 Å². The van der Waals surface area contributed by atoms with E-state index in [4.69, 9.17) is 14.2 Å². The number of H-pyrrole nitrogens is 1. The van der Waals surface area contributed by atoms with Gasteiger partial charge in [-0.25, -0.2) is 4.79 Å². The average molecular weight is 354 g/mol. The number of para-hydroxylation sites is 1. The van der Waals surface area contributed by atoms with E-state index in [2.05, 4.69) is 10.3 Å². The van der Waals surface area contributed by atoms with E-state index in [9.17, 15) is 9.59 Å². The summed E-state index contributed by atoms with van der Waals surface area (Å²) in [7, 11) is 3.03. The number of nitrogens with one attached hydrogen (secondary N) is 2. The first kappa shape index (κ1) is 17.3. The van der Waals surface area contributed by atoms with Gasteiger partial charge in [0, 0.05) is 34.8 Å². The Balaban J connectivity index is 1.61. The van der Waals surface area contributed by atoms with Crippen LogP contribution in [0.4, 0.5) is 5.69 Å². The van der Waals surface area contributed by atoms with Crippen LogP contribution in [0.15, 0.2) is 48.5 Å². The lowest BCUT2D eigenvalue weighted by Gasteiger charge is -2.10. The quantitative estimate of drug-likeness (QED) is 0.664. The number of carbonyl (C=O) groups is 2. The van der Waals surface area contributed by atoms with Crippen LogP contribution in [0, 0.1) is 0 Å². The standard InChI is InChI=1S/C19H18N2O5/c1-24-14-8-13(9-15(10-14)25-2)20-18(22)11-26-19(23)17-7-12-5-3-4-6-16(12)21-17/h3-10,21H,11H2,1-2H3,(H,20,22). The molecule has 3 aromatic rings. The number of benzene rings is 2. The number of carbonyl (C=O) groups excluding carboxylic acids is 2. The largest absolute Gasteiger partial charge is 0.497 e. The Kier molecular flexibility index (Phi) is 5.07. The molecule has 2 aromatic carbocycles. The van der Waals surface area contributed by atoms with Gasteiger partial charge in [0.2, 0.25) is 0 Å². The van der Waals surface area contributed by atoms with E-state index in [-0.39, 0.29) is 0 Å². The van der Waals surface area contributed by atoms with Crippen molar-refractivity contribution in [2.24, 2.45) is 0 Å². The van der Waals surface area contributed by atoms with Crippen molar-refractivity contribution < 1.29 is 23.8 Å². The smallest absolute Gasteiger partial charge is 0.355 e. The summed E-state index contributed by atoms with van der Waals surface area (Å²) in [4.78, 5) is 27.1. The van der Waals surface area contributed by atoms with Gasteiger partial charge in [-0.1, -0.05) is 18.2 Å². The Morgan fingerprint density at radius 3 is 2.35 bits per heavy atom. The second-order valence-electron chi connectivity index (χ2n) is 5.50. The summed E-state index contributed by atoms with van der Waals surface area (Å²) in [5.74, 6) is 0.00813. The topological polar surface area (TPSA) is 89.6 Å². The maximum absolute atomic E-state index is 12.1. The first-order chi connectivity index (χ1) is 12.6. The Morgan fingerprint density at radius 2 is 1.69 bits per heavy atom. The summed E-state index contributed by atoms with van der Waals surface area (Å²) in [5.41, 5.74) is 1.60. The van der Waals surface area contributed by atoms with E-state index in [1.807, 2.05) is 24.3 Å². The Labute approximate surface area is 149 Å². The number of hydrogen-bond donors (Lipinski definition) is 2. The number of ether oxygens (including phenoxy) is 3. The van der Waals surface area contributed by atoms with Crippen LogP contribution < -0.4 is 14.8 Å². The normalized spacial score (nSPS) is 10.4. The van der Waals surface area contributed by atoms with Crippen molar-refractivity contribution in [2.45, 2.75) is 0 Å². The molecule has 0 spiro atoms. The molecule has 0 aliphatic heterocycles. The molecule has 26 heavy (non-hydrogen) atoms. The van der Waals surface area contributed by atoms with Crippen molar-refractivity contribution in [2.75, 3.05) is 26.1 Å². The lowest BCUT2D eigenvalue weighted by Crippen LogP contribution is -2.21. The summed E-state index contributed by atoms with van der Waals surface area (Å²) < 4.78 is 15.3. The molecule has 2 N–H and O–H groups in total. The van der Waals surface area contributed by atoms with Crippen LogP contribution in [-0.4, -0.2) is 37.7 Å². The highest BCUT2D eigenvalue weighted by Gasteiger charge is 2.13. The molecule has 0 saturated carbocycles. The van der Waals surface area contributed by atoms with Crippen LogP contribution in [-0.2, 0) is 9.53 Å². The van der Waals surface area contributed by atoms with Gasteiger partial charge in [0.25, 0.3) is 5.91 Å². The van der Waals surface area contributed by atoms with Gasteiger partial charge >= 0.3 is 5.97 Å². The predicted octanol–water partition coefficient (Wildman–Crippen LogP) is 2.98. The number of aromatic amines is 1. The molecule has 7 heteroatoms. The lowest BCUT2D eigenvalue weighted by atomic mass is 10.2. The zero-order chi connectivity index (χ0) is 18.5. The van der Waals surface area contributed by atoms with Crippen LogP contribution in [0.25, 0.3) is 10.9 Å². The molecule has 0 saturated heterocycles. The first-order valence-electron chi connectivity index (χ1n) is 7.87. The minimum absolute atomic E-state index is 0.294. The van der Waals surface area contributed by atoms with E-state index in [1.54, 1.807) is 24.3 Å². The third-order valence-corrected chi connectivity index (χ3v) is 3.72. The molecule has 1 aromatic heterocycles. The fraction of sp³-hybridized carbons (Fsp3) is 0.158. The van der Waals surface area contributed by atoms with Gasteiger partial charge < -0.3 is 24.5 Å². The van der Waals surface area contributed by atoms with E-state index in [0.717, 1.165) is 10.9 Å². The molecule has 134 valence electrons. The minimum Gasteiger partial charge on any atom is -0.497 e. The van der Waals surface area contributed by atoms with Gasteiger partial charge in [0.15, 0.2) is 6.61 Å². The van der Waals surface area contributed by atoms with Crippen molar-refractivity contribution in [3.63, 3.8) is 0 Å². The molecule has 0 aliphatic rings. The number of fused-ring (bicyclic) bond motifs is 1. The summed E-state index contributed by atoms with van der Waals surface area (Å²) in [5, 5.41) is 3.53. The molecule has 1 heterocycles. The van der Waals surface area contributed by atoms with Gasteiger partial charge in [-0.15, -0.1) is 0 Å². The van der Waals surface area contributed by atoms with E-state index < -0.39 is 18.5 Å². The Bertz CT molecular complexity index is 893.